The van der Waals surface area contributed by atoms with Crippen LogP contribution in [0.25, 0.3) is 21.9 Å². The first-order valence-corrected chi connectivity index (χ1v) is 7.53. The highest BCUT2D eigenvalue weighted by Gasteiger charge is 2.12. The van der Waals surface area contributed by atoms with Crippen LogP contribution in [0, 0.1) is 0 Å². The molecule has 2 heterocycles. The van der Waals surface area contributed by atoms with Crippen LogP contribution in [0.15, 0.2) is 28.9 Å². The van der Waals surface area contributed by atoms with Gasteiger partial charge in [-0.25, -0.2) is 9.67 Å². The maximum atomic E-state index is 5.27. The van der Waals surface area contributed by atoms with Crippen molar-refractivity contribution in [1.82, 2.24) is 19.7 Å². The quantitative estimate of drug-likeness (QED) is 0.727. The van der Waals surface area contributed by atoms with Crippen molar-refractivity contribution in [1.29, 1.82) is 0 Å². The minimum Gasteiger partial charge on any atom is -0.497 e. The van der Waals surface area contributed by atoms with Crippen molar-refractivity contribution in [2.75, 3.05) is 27.7 Å². The van der Waals surface area contributed by atoms with E-state index in [-0.39, 0.29) is 0 Å². The number of methoxy groups -OCH3 is 1. The number of benzene rings is 1. The first kappa shape index (κ1) is 14.3. The van der Waals surface area contributed by atoms with Gasteiger partial charge in [0.05, 0.1) is 24.6 Å². The highest BCUT2D eigenvalue weighted by atomic mass is 79.9. The van der Waals surface area contributed by atoms with Crippen molar-refractivity contribution in [2.45, 2.75) is 6.54 Å². The van der Waals surface area contributed by atoms with E-state index in [1.54, 1.807) is 7.11 Å². The monoisotopic (exact) mass is 348 g/mol. The lowest BCUT2D eigenvalue weighted by Crippen LogP contribution is -2.19. The second-order valence-electron chi connectivity index (χ2n) is 5.24. The van der Waals surface area contributed by atoms with E-state index in [0.29, 0.717) is 0 Å². The van der Waals surface area contributed by atoms with Gasteiger partial charge in [-0.15, -0.1) is 0 Å². The summed E-state index contributed by atoms with van der Waals surface area (Å²) in [4.78, 5) is 6.89. The Morgan fingerprint density at radius 3 is 2.81 bits per heavy atom. The van der Waals surface area contributed by atoms with E-state index in [4.69, 9.17) is 9.72 Å². The smallest absolute Gasteiger partial charge is 0.159 e. The van der Waals surface area contributed by atoms with Gasteiger partial charge in [0.1, 0.15) is 10.4 Å². The molecule has 0 spiro atoms. The first-order valence-electron chi connectivity index (χ1n) is 6.74. The molecule has 0 aliphatic rings. The zero-order chi connectivity index (χ0) is 15.0. The molecule has 0 aliphatic heterocycles. The Hall–Kier alpha value is -1.66. The average molecular weight is 349 g/mol. The predicted octanol–water partition coefficient (Wildman–Crippen LogP) is 2.92. The first-order chi connectivity index (χ1) is 10.1. The lowest BCUT2D eigenvalue weighted by atomic mass is 10.2. The molecule has 0 N–H and O–H groups in total. The van der Waals surface area contributed by atoms with E-state index in [2.05, 4.69) is 46.1 Å². The molecule has 0 atom stereocenters. The number of ether oxygens (including phenoxy) is 1. The van der Waals surface area contributed by atoms with Gasteiger partial charge in [0.15, 0.2) is 5.65 Å². The zero-order valence-corrected chi connectivity index (χ0v) is 13.9. The van der Waals surface area contributed by atoms with Gasteiger partial charge in [-0.2, -0.15) is 5.10 Å². The van der Waals surface area contributed by atoms with Crippen LogP contribution in [-0.2, 0) is 6.54 Å². The SMILES string of the molecule is COc1ccc2cc3c(Br)nn(CCN(C)C)c3nc2c1. The molecule has 3 rings (SSSR count). The molecule has 0 unspecified atom stereocenters. The standard InChI is InChI=1S/C15H17BrN4O/c1-19(2)6-7-20-15-12(14(16)18-20)8-10-4-5-11(21-3)9-13(10)17-15/h4-5,8-9H,6-7H2,1-3H3. The molecule has 110 valence electrons. The van der Waals surface area contributed by atoms with Crippen molar-refractivity contribution in [2.24, 2.45) is 0 Å². The number of pyridine rings is 1. The molecule has 0 fully saturated rings. The summed E-state index contributed by atoms with van der Waals surface area (Å²) < 4.78 is 8.05. The van der Waals surface area contributed by atoms with Crippen molar-refractivity contribution in [3.8, 4) is 5.75 Å². The molecule has 0 amide bonds. The summed E-state index contributed by atoms with van der Waals surface area (Å²) in [5, 5.41) is 6.65. The van der Waals surface area contributed by atoms with Gasteiger partial charge in [-0.1, -0.05) is 0 Å². The lowest BCUT2D eigenvalue weighted by Gasteiger charge is -2.09. The van der Waals surface area contributed by atoms with E-state index in [1.807, 2.05) is 22.9 Å². The number of halogens is 1. The number of hydrogen-bond acceptors (Lipinski definition) is 4. The number of rotatable bonds is 4. The maximum Gasteiger partial charge on any atom is 0.159 e. The van der Waals surface area contributed by atoms with Crippen molar-refractivity contribution >= 4 is 37.9 Å². The molecule has 0 saturated carbocycles. The molecule has 2 aromatic heterocycles. The highest BCUT2D eigenvalue weighted by molar-refractivity contribution is 9.10. The van der Waals surface area contributed by atoms with E-state index in [9.17, 15) is 0 Å². The number of hydrogen-bond donors (Lipinski definition) is 0. The molecule has 6 heteroatoms. The van der Waals surface area contributed by atoms with E-state index >= 15 is 0 Å². The van der Waals surface area contributed by atoms with Crippen LogP contribution in [0.5, 0.6) is 5.75 Å². The molecule has 21 heavy (non-hydrogen) atoms. The third kappa shape index (κ3) is 2.73. The minimum absolute atomic E-state index is 0.803. The van der Waals surface area contributed by atoms with E-state index in [1.165, 1.54) is 0 Å². The third-order valence-electron chi connectivity index (χ3n) is 3.44. The van der Waals surface area contributed by atoms with Gasteiger partial charge >= 0.3 is 0 Å². The summed E-state index contributed by atoms with van der Waals surface area (Å²) >= 11 is 3.53. The van der Waals surface area contributed by atoms with Gasteiger partial charge in [0.25, 0.3) is 0 Å². The summed E-state index contributed by atoms with van der Waals surface area (Å²) in [5.74, 6) is 0.813. The van der Waals surface area contributed by atoms with Crippen LogP contribution < -0.4 is 4.74 Å². The molecular weight excluding hydrogens is 332 g/mol. The van der Waals surface area contributed by atoms with E-state index < -0.39 is 0 Å². The van der Waals surface area contributed by atoms with Gasteiger partial charge < -0.3 is 9.64 Å². The molecule has 0 aliphatic carbocycles. The Bertz CT molecular complexity index is 797. The van der Waals surface area contributed by atoms with E-state index in [0.717, 1.165) is 45.4 Å². The lowest BCUT2D eigenvalue weighted by molar-refractivity contribution is 0.376. The summed E-state index contributed by atoms with van der Waals surface area (Å²) in [6.07, 6.45) is 0. The molecule has 0 radical (unpaired) electrons. The highest BCUT2D eigenvalue weighted by Crippen LogP contribution is 2.27. The van der Waals surface area contributed by atoms with Crippen LogP contribution in [0.1, 0.15) is 0 Å². The fourth-order valence-electron chi connectivity index (χ4n) is 2.27. The van der Waals surface area contributed by atoms with Crippen molar-refractivity contribution in [3.05, 3.63) is 28.9 Å². The Kier molecular flexibility index (Phi) is 3.82. The topological polar surface area (TPSA) is 43.2 Å². The fourth-order valence-corrected chi connectivity index (χ4v) is 2.75. The fraction of sp³-hybridized carbons (Fsp3) is 0.333. The van der Waals surface area contributed by atoms with Gasteiger partial charge in [0.2, 0.25) is 0 Å². The number of nitrogens with zero attached hydrogens (tertiary/aromatic N) is 4. The molecule has 5 nitrogen and oxygen atoms in total. The Morgan fingerprint density at radius 2 is 2.10 bits per heavy atom. The molecule has 0 saturated heterocycles. The van der Waals surface area contributed by atoms with Crippen LogP contribution in [0.4, 0.5) is 0 Å². The average Bonchev–Trinajstić information content (AvgIpc) is 2.78. The second kappa shape index (κ2) is 5.61. The zero-order valence-electron chi connectivity index (χ0n) is 12.3. The van der Waals surface area contributed by atoms with Gasteiger partial charge in [-0.05, 0) is 48.2 Å². The van der Waals surface area contributed by atoms with Crippen LogP contribution in [0.3, 0.4) is 0 Å². The largest absolute Gasteiger partial charge is 0.497 e. The van der Waals surface area contributed by atoms with Crippen molar-refractivity contribution < 1.29 is 4.74 Å². The number of fused-ring (bicyclic) bond motifs is 2. The normalized spacial score (nSPS) is 11.7. The second-order valence-corrected chi connectivity index (χ2v) is 5.99. The summed E-state index contributed by atoms with van der Waals surface area (Å²) in [6, 6.07) is 8.02. The predicted molar refractivity (Wildman–Crippen MR) is 87.8 cm³/mol. The van der Waals surface area contributed by atoms with Gasteiger partial charge in [0, 0.05) is 18.0 Å². The number of likely N-dealkylation sites (N-methyl/N-ethyl adjacent to an activating group) is 1. The Balaban J connectivity index is 2.15. The molecule has 0 bridgehead atoms. The van der Waals surface area contributed by atoms with Crippen LogP contribution >= 0.6 is 15.9 Å². The summed E-state index contributed by atoms with van der Waals surface area (Å²) in [5.41, 5.74) is 1.81. The Morgan fingerprint density at radius 1 is 1.29 bits per heavy atom. The summed E-state index contributed by atoms with van der Waals surface area (Å²) in [7, 11) is 5.76. The Labute approximate surface area is 131 Å². The van der Waals surface area contributed by atoms with Gasteiger partial charge in [-0.3, -0.25) is 0 Å². The van der Waals surface area contributed by atoms with Crippen LogP contribution in [-0.4, -0.2) is 47.4 Å². The summed E-state index contributed by atoms with van der Waals surface area (Å²) in [6.45, 7) is 1.72. The third-order valence-corrected chi connectivity index (χ3v) is 4.02. The minimum atomic E-state index is 0.803. The molecular formula is C15H17BrN4O. The maximum absolute atomic E-state index is 5.27. The number of aromatic nitrogens is 3. The van der Waals surface area contributed by atoms with Crippen LogP contribution in [0.2, 0.25) is 0 Å². The van der Waals surface area contributed by atoms with Crippen molar-refractivity contribution in [3.63, 3.8) is 0 Å². The molecule has 3 aromatic rings. The molecule has 1 aromatic carbocycles.